The molecule has 152 valence electrons. The van der Waals surface area contributed by atoms with Crippen molar-refractivity contribution < 1.29 is 13.2 Å². The predicted molar refractivity (Wildman–Crippen MR) is 109 cm³/mol. The van der Waals surface area contributed by atoms with Gasteiger partial charge in [-0.1, -0.05) is 12.8 Å². The summed E-state index contributed by atoms with van der Waals surface area (Å²) in [5.74, 6) is -0.129. The zero-order chi connectivity index (χ0) is 20.1. The number of rotatable bonds is 6. The van der Waals surface area contributed by atoms with Crippen LogP contribution in [0, 0.1) is 13.8 Å². The Balaban J connectivity index is 1.59. The summed E-state index contributed by atoms with van der Waals surface area (Å²) < 4.78 is 29.0. The second-order valence-corrected chi connectivity index (χ2v) is 9.23. The number of nitrogens with zero attached hydrogens (tertiary/aromatic N) is 3. The third-order valence-corrected chi connectivity index (χ3v) is 6.91. The van der Waals surface area contributed by atoms with Crippen LogP contribution < -0.4 is 5.32 Å². The lowest BCUT2D eigenvalue weighted by molar-refractivity contribution is -0.116. The summed E-state index contributed by atoms with van der Waals surface area (Å²) in [7, 11) is -3.47. The SMILES string of the molecule is Cc1cc(C)n(CCC(=O)Nc2ccc(S(=O)(=O)N3CCCCCC3)cc2)n1. The minimum atomic E-state index is -3.47. The molecule has 1 fully saturated rings. The molecule has 1 amide bonds. The van der Waals surface area contributed by atoms with Gasteiger partial charge in [-0.05, 0) is 57.0 Å². The molecule has 0 saturated carbocycles. The van der Waals surface area contributed by atoms with E-state index in [1.54, 1.807) is 28.6 Å². The summed E-state index contributed by atoms with van der Waals surface area (Å²) in [5, 5.41) is 7.16. The predicted octanol–water partition coefficient (Wildman–Crippen LogP) is 3.09. The van der Waals surface area contributed by atoms with Crippen molar-refractivity contribution in [2.24, 2.45) is 0 Å². The number of anilines is 1. The topological polar surface area (TPSA) is 84.3 Å². The molecule has 2 heterocycles. The fourth-order valence-electron chi connectivity index (χ4n) is 3.47. The number of amides is 1. The van der Waals surface area contributed by atoms with Gasteiger partial charge in [0.25, 0.3) is 0 Å². The van der Waals surface area contributed by atoms with E-state index in [0.29, 0.717) is 31.7 Å². The van der Waals surface area contributed by atoms with Crippen LogP contribution in [-0.4, -0.2) is 41.5 Å². The summed E-state index contributed by atoms with van der Waals surface area (Å²) >= 11 is 0. The molecule has 0 atom stereocenters. The van der Waals surface area contributed by atoms with Crippen molar-refractivity contribution in [3.05, 3.63) is 41.7 Å². The summed E-state index contributed by atoms with van der Waals surface area (Å²) in [6.45, 7) is 5.54. The van der Waals surface area contributed by atoms with E-state index < -0.39 is 10.0 Å². The molecule has 0 spiro atoms. The van der Waals surface area contributed by atoms with Crippen molar-refractivity contribution in [3.8, 4) is 0 Å². The standard InChI is InChI=1S/C20H28N4O3S/c1-16-15-17(2)24(22-16)14-11-20(25)21-18-7-9-19(10-8-18)28(26,27)23-12-5-3-4-6-13-23/h7-10,15H,3-6,11-14H2,1-2H3,(H,21,25). The maximum absolute atomic E-state index is 12.8. The molecule has 0 unspecified atom stereocenters. The number of sulfonamides is 1. The minimum absolute atomic E-state index is 0.129. The normalized spacial score (nSPS) is 15.9. The molecule has 1 saturated heterocycles. The quantitative estimate of drug-likeness (QED) is 0.802. The van der Waals surface area contributed by atoms with Gasteiger partial charge in [0.1, 0.15) is 0 Å². The number of carbonyl (C=O) groups excluding carboxylic acids is 1. The van der Waals surface area contributed by atoms with Gasteiger partial charge in [-0.2, -0.15) is 9.40 Å². The third-order valence-electron chi connectivity index (χ3n) is 4.99. The summed E-state index contributed by atoms with van der Waals surface area (Å²) in [5.41, 5.74) is 2.54. The molecule has 3 rings (SSSR count). The smallest absolute Gasteiger partial charge is 0.243 e. The lowest BCUT2D eigenvalue weighted by Crippen LogP contribution is -2.31. The first-order valence-corrected chi connectivity index (χ1v) is 11.2. The molecule has 1 aliphatic rings. The molecule has 1 aliphatic heterocycles. The molecule has 2 aromatic rings. The van der Waals surface area contributed by atoms with E-state index in [0.717, 1.165) is 37.1 Å². The number of benzene rings is 1. The highest BCUT2D eigenvalue weighted by Gasteiger charge is 2.24. The van der Waals surface area contributed by atoms with E-state index in [9.17, 15) is 13.2 Å². The van der Waals surface area contributed by atoms with E-state index in [1.807, 2.05) is 24.6 Å². The maximum atomic E-state index is 12.8. The van der Waals surface area contributed by atoms with Gasteiger partial charge in [-0.25, -0.2) is 8.42 Å². The van der Waals surface area contributed by atoms with Gasteiger partial charge in [0.15, 0.2) is 0 Å². The van der Waals surface area contributed by atoms with Crippen LogP contribution in [0.2, 0.25) is 0 Å². The van der Waals surface area contributed by atoms with Crippen LogP contribution in [-0.2, 0) is 21.4 Å². The van der Waals surface area contributed by atoms with Crippen LogP contribution in [0.15, 0.2) is 35.2 Å². The Labute approximate surface area is 166 Å². The maximum Gasteiger partial charge on any atom is 0.243 e. The molecule has 1 aromatic heterocycles. The first-order valence-electron chi connectivity index (χ1n) is 9.77. The molecule has 0 radical (unpaired) electrons. The number of carbonyl (C=O) groups is 1. The zero-order valence-electron chi connectivity index (χ0n) is 16.5. The molecule has 0 bridgehead atoms. The lowest BCUT2D eigenvalue weighted by Gasteiger charge is -2.20. The number of nitrogens with one attached hydrogen (secondary N) is 1. The summed E-state index contributed by atoms with van der Waals surface area (Å²) in [6, 6.07) is 8.40. The molecule has 1 aromatic carbocycles. The third kappa shape index (κ3) is 4.99. The second kappa shape index (κ2) is 8.87. The van der Waals surface area contributed by atoms with Crippen LogP contribution in [0.3, 0.4) is 0 Å². The Kier molecular flexibility index (Phi) is 6.51. The Bertz CT molecular complexity index is 911. The summed E-state index contributed by atoms with van der Waals surface area (Å²) in [6.07, 6.45) is 4.27. The number of hydrogen-bond donors (Lipinski definition) is 1. The van der Waals surface area contributed by atoms with Crippen molar-refractivity contribution in [1.82, 2.24) is 14.1 Å². The van der Waals surface area contributed by atoms with Crippen LogP contribution in [0.4, 0.5) is 5.69 Å². The highest BCUT2D eigenvalue weighted by Crippen LogP contribution is 2.22. The Morgan fingerprint density at radius 3 is 2.29 bits per heavy atom. The molecular weight excluding hydrogens is 376 g/mol. The highest BCUT2D eigenvalue weighted by atomic mass is 32.2. The van der Waals surface area contributed by atoms with Gasteiger partial charge >= 0.3 is 0 Å². The van der Waals surface area contributed by atoms with Gasteiger partial charge in [0.05, 0.1) is 10.6 Å². The van der Waals surface area contributed by atoms with E-state index in [-0.39, 0.29) is 10.8 Å². The first-order chi connectivity index (χ1) is 13.4. The van der Waals surface area contributed by atoms with Crippen LogP contribution in [0.1, 0.15) is 43.5 Å². The molecule has 1 N–H and O–H groups in total. The number of aryl methyl sites for hydroxylation is 3. The van der Waals surface area contributed by atoms with Crippen LogP contribution in [0.5, 0.6) is 0 Å². The molecule has 0 aliphatic carbocycles. The van der Waals surface area contributed by atoms with Crippen molar-refractivity contribution in [1.29, 1.82) is 0 Å². The zero-order valence-corrected chi connectivity index (χ0v) is 17.3. The molecule has 7 nitrogen and oxygen atoms in total. The van der Waals surface area contributed by atoms with Gasteiger partial charge in [0, 0.05) is 37.4 Å². The first kappa shape index (κ1) is 20.5. The van der Waals surface area contributed by atoms with Crippen molar-refractivity contribution in [2.45, 2.75) is 57.4 Å². The van der Waals surface area contributed by atoms with E-state index in [2.05, 4.69) is 10.4 Å². The number of hydrogen-bond acceptors (Lipinski definition) is 4. The average molecular weight is 405 g/mol. The van der Waals surface area contributed by atoms with Crippen LogP contribution >= 0.6 is 0 Å². The molecular formula is C20H28N4O3S. The fourth-order valence-corrected chi connectivity index (χ4v) is 4.99. The van der Waals surface area contributed by atoms with E-state index in [4.69, 9.17) is 0 Å². The van der Waals surface area contributed by atoms with E-state index >= 15 is 0 Å². The van der Waals surface area contributed by atoms with Crippen molar-refractivity contribution >= 4 is 21.6 Å². The van der Waals surface area contributed by atoms with E-state index in [1.165, 1.54) is 0 Å². The Hall–Kier alpha value is -2.19. The van der Waals surface area contributed by atoms with Gasteiger partial charge < -0.3 is 5.32 Å². The van der Waals surface area contributed by atoms with Gasteiger partial charge in [-0.15, -0.1) is 0 Å². The van der Waals surface area contributed by atoms with Crippen molar-refractivity contribution in [3.63, 3.8) is 0 Å². The number of aromatic nitrogens is 2. The Morgan fingerprint density at radius 1 is 1.07 bits per heavy atom. The minimum Gasteiger partial charge on any atom is -0.326 e. The van der Waals surface area contributed by atoms with Gasteiger partial charge in [-0.3, -0.25) is 9.48 Å². The Morgan fingerprint density at radius 2 is 1.71 bits per heavy atom. The highest BCUT2D eigenvalue weighted by molar-refractivity contribution is 7.89. The largest absolute Gasteiger partial charge is 0.326 e. The molecule has 28 heavy (non-hydrogen) atoms. The monoisotopic (exact) mass is 404 g/mol. The average Bonchev–Trinajstić information content (AvgIpc) is 2.86. The molecule has 8 heteroatoms. The second-order valence-electron chi connectivity index (χ2n) is 7.29. The van der Waals surface area contributed by atoms with Crippen molar-refractivity contribution in [2.75, 3.05) is 18.4 Å². The summed E-state index contributed by atoms with van der Waals surface area (Å²) in [4.78, 5) is 12.5. The lowest BCUT2D eigenvalue weighted by atomic mass is 10.2. The van der Waals surface area contributed by atoms with Crippen LogP contribution in [0.25, 0.3) is 0 Å². The van der Waals surface area contributed by atoms with Gasteiger partial charge in [0.2, 0.25) is 15.9 Å². The fraction of sp³-hybridized carbons (Fsp3) is 0.500.